The van der Waals surface area contributed by atoms with Crippen molar-refractivity contribution in [1.29, 1.82) is 0 Å². The second-order valence-electron chi connectivity index (χ2n) is 4.94. The molecule has 0 aliphatic rings. The molecule has 0 aliphatic heterocycles. The number of nitrogens with two attached hydrogens (primary N) is 1. The minimum Gasteiger partial charge on any atom is -0.271 e. The lowest BCUT2D eigenvalue weighted by Crippen LogP contribution is -2.30. The van der Waals surface area contributed by atoms with Crippen LogP contribution in [-0.4, -0.2) is 0 Å². The number of rotatable bonds is 4. The summed E-state index contributed by atoms with van der Waals surface area (Å²) >= 11 is 3.30. The van der Waals surface area contributed by atoms with Gasteiger partial charge >= 0.3 is 0 Å². The highest BCUT2D eigenvalue weighted by atomic mass is 79.9. The number of hydrazine groups is 1. The van der Waals surface area contributed by atoms with Gasteiger partial charge in [-0.15, -0.1) is 0 Å². The van der Waals surface area contributed by atoms with Gasteiger partial charge in [-0.25, -0.2) is 4.39 Å². The van der Waals surface area contributed by atoms with Gasteiger partial charge in [0.25, 0.3) is 0 Å². The number of aryl methyl sites for hydroxylation is 2. The van der Waals surface area contributed by atoms with Gasteiger partial charge in [0.1, 0.15) is 5.82 Å². The Bertz CT molecular complexity index is 593. The molecule has 2 aromatic rings. The molecule has 0 heterocycles. The smallest absolute Gasteiger partial charge is 0.137 e. The van der Waals surface area contributed by atoms with Gasteiger partial charge in [-0.2, -0.15) is 0 Å². The normalized spacial score (nSPS) is 12.4. The average Bonchev–Trinajstić information content (AvgIpc) is 2.42. The van der Waals surface area contributed by atoms with E-state index in [1.54, 1.807) is 6.07 Å². The van der Waals surface area contributed by atoms with Crippen LogP contribution in [0.5, 0.6) is 0 Å². The highest BCUT2D eigenvalue weighted by Crippen LogP contribution is 2.29. The standard InChI is InChI=1S/C16H18BrFN2/c1-10-5-3-6-11(2)13(10)9-15(20-19)12-7-4-8-14(18)16(12)17/h3-8,15,20H,9,19H2,1-2H3. The van der Waals surface area contributed by atoms with Gasteiger partial charge < -0.3 is 0 Å². The van der Waals surface area contributed by atoms with E-state index in [0.717, 1.165) is 12.0 Å². The van der Waals surface area contributed by atoms with Crippen molar-refractivity contribution in [3.63, 3.8) is 0 Å². The lowest BCUT2D eigenvalue weighted by Gasteiger charge is -2.20. The predicted molar refractivity (Wildman–Crippen MR) is 83.8 cm³/mol. The van der Waals surface area contributed by atoms with Crippen LogP contribution in [0.4, 0.5) is 4.39 Å². The third kappa shape index (κ3) is 3.08. The molecule has 2 rings (SSSR count). The zero-order chi connectivity index (χ0) is 14.7. The van der Waals surface area contributed by atoms with Crippen molar-refractivity contribution in [2.75, 3.05) is 0 Å². The van der Waals surface area contributed by atoms with Gasteiger partial charge in [0, 0.05) is 0 Å². The summed E-state index contributed by atoms with van der Waals surface area (Å²) in [7, 11) is 0. The maximum atomic E-state index is 13.7. The number of hydrogen-bond acceptors (Lipinski definition) is 2. The molecule has 0 fully saturated rings. The summed E-state index contributed by atoms with van der Waals surface area (Å²) in [6.07, 6.45) is 0.719. The molecule has 20 heavy (non-hydrogen) atoms. The van der Waals surface area contributed by atoms with Crippen LogP contribution in [0.3, 0.4) is 0 Å². The first-order valence-corrected chi connectivity index (χ1v) is 7.29. The van der Waals surface area contributed by atoms with Crippen LogP contribution in [0.25, 0.3) is 0 Å². The van der Waals surface area contributed by atoms with Crippen LogP contribution in [0.2, 0.25) is 0 Å². The van der Waals surface area contributed by atoms with Crippen molar-refractivity contribution in [1.82, 2.24) is 5.43 Å². The van der Waals surface area contributed by atoms with Gasteiger partial charge in [0.2, 0.25) is 0 Å². The van der Waals surface area contributed by atoms with Crippen LogP contribution in [0.15, 0.2) is 40.9 Å². The van der Waals surface area contributed by atoms with Crippen molar-refractivity contribution in [3.8, 4) is 0 Å². The molecule has 2 aromatic carbocycles. The SMILES string of the molecule is Cc1cccc(C)c1CC(NN)c1cccc(F)c1Br. The second-order valence-corrected chi connectivity index (χ2v) is 5.73. The number of benzene rings is 2. The molecule has 0 radical (unpaired) electrons. The number of hydrogen-bond donors (Lipinski definition) is 2. The molecule has 106 valence electrons. The molecule has 0 bridgehead atoms. The Morgan fingerprint density at radius 1 is 1.15 bits per heavy atom. The van der Waals surface area contributed by atoms with Crippen molar-refractivity contribution < 1.29 is 4.39 Å². The number of halogens is 2. The van der Waals surface area contributed by atoms with E-state index in [0.29, 0.717) is 4.47 Å². The molecule has 1 atom stereocenters. The Balaban J connectivity index is 2.37. The zero-order valence-corrected chi connectivity index (χ0v) is 13.2. The van der Waals surface area contributed by atoms with E-state index in [4.69, 9.17) is 5.84 Å². The van der Waals surface area contributed by atoms with E-state index in [1.807, 2.05) is 12.1 Å². The summed E-state index contributed by atoms with van der Waals surface area (Å²) in [6, 6.07) is 11.1. The Morgan fingerprint density at radius 2 is 1.75 bits per heavy atom. The fourth-order valence-corrected chi connectivity index (χ4v) is 2.96. The third-order valence-electron chi connectivity index (χ3n) is 3.61. The fraction of sp³-hybridized carbons (Fsp3) is 0.250. The lowest BCUT2D eigenvalue weighted by atomic mass is 9.93. The molecule has 0 amide bonds. The topological polar surface area (TPSA) is 38.0 Å². The lowest BCUT2D eigenvalue weighted by molar-refractivity contribution is 0.538. The van der Waals surface area contributed by atoms with Crippen molar-refractivity contribution in [2.45, 2.75) is 26.3 Å². The van der Waals surface area contributed by atoms with Gasteiger partial charge in [-0.3, -0.25) is 11.3 Å². The van der Waals surface area contributed by atoms with Gasteiger partial charge in [0.15, 0.2) is 0 Å². The molecule has 4 heteroatoms. The summed E-state index contributed by atoms with van der Waals surface area (Å²) in [5.41, 5.74) is 7.30. The maximum Gasteiger partial charge on any atom is 0.137 e. The summed E-state index contributed by atoms with van der Waals surface area (Å²) in [4.78, 5) is 0. The van der Waals surface area contributed by atoms with Gasteiger partial charge in [-0.05, 0) is 64.5 Å². The molecular weight excluding hydrogens is 319 g/mol. The van der Waals surface area contributed by atoms with E-state index in [2.05, 4.69) is 47.3 Å². The molecule has 1 unspecified atom stereocenters. The highest BCUT2D eigenvalue weighted by molar-refractivity contribution is 9.10. The Morgan fingerprint density at radius 3 is 2.35 bits per heavy atom. The van der Waals surface area contributed by atoms with E-state index in [9.17, 15) is 4.39 Å². The average molecular weight is 337 g/mol. The van der Waals surface area contributed by atoms with E-state index >= 15 is 0 Å². The minimum absolute atomic E-state index is 0.139. The maximum absolute atomic E-state index is 13.7. The van der Waals surface area contributed by atoms with Crippen LogP contribution < -0.4 is 11.3 Å². The van der Waals surface area contributed by atoms with E-state index in [-0.39, 0.29) is 11.9 Å². The molecule has 0 spiro atoms. The van der Waals surface area contributed by atoms with E-state index in [1.165, 1.54) is 22.8 Å². The molecule has 0 aliphatic carbocycles. The zero-order valence-electron chi connectivity index (χ0n) is 11.6. The summed E-state index contributed by atoms with van der Waals surface area (Å²) in [5, 5.41) is 0. The van der Waals surface area contributed by atoms with Crippen LogP contribution in [0, 0.1) is 19.7 Å². The fourth-order valence-electron chi connectivity index (χ4n) is 2.42. The van der Waals surface area contributed by atoms with Crippen molar-refractivity contribution in [3.05, 3.63) is 68.9 Å². The Hall–Kier alpha value is -1.23. The highest BCUT2D eigenvalue weighted by Gasteiger charge is 2.17. The second kappa shape index (κ2) is 6.48. The molecule has 0 saturated carbocycles. The number of nitrogens with one attached hydrogen (secondary N) is 1. The largest absolute Gasteiger partial charge is 0.271 e. The van der Waals surface area contributed by atoms with Crippen LogP contribution in [0.1, 0.15) is 28.3 Å². The Labute approximate surface area is 127 Å². The first-order chi connectivity index (χ1) is 9.54. The van der Waals surface area contributed by atoms with Crippen molar-refractivity contribution in [2.24, 2.45) is 5.84 Å². The summed E-state index contributed by atoms with van der Waals surface area (Å²) in [6.45, 7) is 4.16. The molecule has 0 aromatic heterocycles. The summed E-state index contributed by atoms with van der Waals surface area (Å²) < 4.78 is 14.1. The van der Waals surface area contributed by atoms with E-state index < -0.39 is 0 Å². The molecular formula is C16H18BrFN2. The molecule has 2 nitrogen and oxygen atoms in total. The van der Waals surface area contributed by atoms with Crippen LogP contribution >= 0.6 is 15.9 Å². The van der Waals surface area contributed by atoms with Crippen molar-refractivity contribution >= 4 is 15.9 Å². The first-order valence-electron chi connectivity index (χ1n) is 6.49. The molecule has 0 saturated heterocycles. The Kier molecular flexibility index (Phi) is 4.91. The summed E-state index contributed by atoms with van der Waals surface area (Å²) in [5.74, 6) is 5.40. The molecule has 3 N–H and O–H groups in total. The van der Waals surface area contributed by atoms with Gasteiger partial charge in [-0.1, -0.05) is 30.3 Å². The quantitative estimate of drug-likeness (QED) is 0.655. The monoisotopic (exact) mass is 336 g/mol. The first kappa shape index (κ1) is 15.2. The van der Waals surface area contributed by atoms with Gasteiger partial charge in [0.05, 0.1) is 10.5 Å². The van der Waals surface area contributed by atoms with Crippen LogP contribution in [-0.2, 0) is 6.42 Å². The minimum atomic E-state index is -0.274. The third-order valence-corrected chi connectivity index (χ3v) is 4.45. The predicted octanol–water partition coefficient (Wildman–Crippen LogP) is 3.95.